The zero-order valence-corrected chi connectivity index (χ0v) is 18.5. The van der Waals surface area contributed by atoms with Crippen molar-refractivity contribution in [2.45, 2.75) is 12.1 Å². The molecule has 4 aliphatic rings. The number of Topliss-reactive ketones (excluding diaryl/α,β-unsaturated/α-hetero) is 1. The summed E-state index contributed by atoms with van der Waals surface area (Å²) >= 11 is 0. The van der Waals surface area contributed by atoms with Gasteiger partial charge in [-0.1, -0.05) is 24.3 Å². The van der Waals surface area contributed by atoms with Crippen molar-refractivity contribution in [1.29, 1.82) is 0 Å². The fraction of sp³-hybridized carbons (Fsp3) is 0.222. The van der Waals surface area contributed by atoms with Crippen LogP contribution < -0.4 is 14.4 Å². The first-order valence-electron chi connectivity index (χ1n) is 11.5. The maximum absolute atomic E-state index is 13.9. The van der Waals surface area contributed by atoms with Crippen molar-refractivity contribution in [2.75, 3.05) is 18.1 Å². The van der Waals surface area contributed by atoms with Crippen molar-refractivity contribution in [2.24, 2.45) is 11.8 Å². The van der Waals surface area contributed by atoms with E-state index in [-0.39, 0.29) is 17.5 Å². The van der Waals surface area contributed by atoms with E-state index in [1.165, 1.54) is 11.2 Å². The average molecular weight is 468 g/mol. The Hall–Kier alpha value is -4.33. The lowest BCUT2D eigenvalue weighted by atomic mass is 9.84. The van der Waals surface area contributed by atoms with Crippen LogP contribution in [0.5, 0.6) is 11.5 Å². The van der Waals surface area contributed by atoms with Crippen molar-refractivity contribution in [3.8, 4) is 11.5 Å². The Morgan fingerprint density at radius 3 is 2.51 bits per heavy atom. The van der Waals surface area contributed by atoms with Crippen LogP contribution in [0.2, 0.25) is 0 Å². The lowest BCUT2D eigenvalue weighted by molar-refractivity contribution is -0.123. The van der Waals surface area contributed by atoms with E-state index in [1.54, 1.807) is 30.3 Å². The summed E-state index contributed by atoms with van der Waals surface area (Å²) in [7, 11) is 0. The van der Waals surface area contributed by atoms with Crippen LogP contribution in [-0.2, 0) is 9.59 Å². The Morgan fingerprint density at radius 2 is 1.69 bits per heavy atom. The summed E-state index contributed by atoms with van der Waals surface area (Å²) < 4.78 is 16.7. The Labute approximate surface area is 200 Å². The van der Waals surface area contributed by atoms with E-state index < -0.39 is 29.8 Å². The summed E-state index contributed by atoms with van der Waals surface area (Å²) in [5.41, 5.74) is 2.30. The molecule has 8 heteroatoms. The molecule has 2 amide bonds. The molecule has 8 nitrogen and oxygen atoms in total. The molecular formula is C27H20N2O6. The lowest BCUT2D eigenvalue weighted by Crippen LogP contribution is -2.44. The minimum absolute atomic E-state index is 0.166. The zero-order chi connectivity index (χ0) is 23.7. The van der Waals surface area contributed by atoms with E-state index in [0.29, 0.717) is 30.4 Å². The highest BCUT2D eigenvalue weighted by Crippen LogP contribution is 2.54. The van der Waals surface area contributed by atoms with Crippen molar-refractivity contribution < 1.29 is 28.3 Å². The van der Waals surface area contributed by atoms with Gasteiger partial charge in [0.15, 0.2) is 17.3 Å². The van der Waals surface area contributed by atoms with E-state index in [9.17, 15) is 14.4 Å². The van der Waals surface area contributed by atoms with Crippen LogP contribution in [0.25, 0.3) is 6.08 Å². The van der Waals surface area contributed by atoms with Gasteiger partial charge in [0.25, 0.3) is 0 Å². The Bertz CT molecular complexity index is 1410. The summed E-state index contributed by atoms with van der Waals surface area (Å²) in [5, 5.41) is 0. The summed E-state index contributed by atoms with van der Waals surface area (Å²) in [6.07, 6.45) is 5.18. The Morgan fingerprint density at radius 1 is 0.886 bits per heavy atom. The molecule has 2 fully saturated rings. The Kier molecular flexibility index (Phi) is 4.21. The van der Waals surface area contributed by atoms with Gasteiger partial charge in [0, 0.05) is 12.3 Å². The van der Waals surface area contributed by atoms with Crippen LogP contribution in [0.4, 0.5) is 5.69 Å². The van der Waals surface area contributed by atoms with E-state index in [2.05, 4.69) is 0 Å². The molecule has 7 rings (SSSR count). The summed E-state index contributed by atoms with van der Waals surface area (Å²) in [4.78, 5) is 44.5. The van der Waals surface area contributed by atoms with E-state index in [4.69, 9.17) is 13.9 Å². The van der Waals surface area contributed by atoms with Gasteiger partial charge in [-0.2, -0.15) is 0 Å². The van der Waals surface area contributed by atoms with E-state index >= 15 is 0 Å². The van der Waals surface area contributed by atoms with Crippen LogP contribution in [0.1, 0.15) is 27.7 Å². The minimum Gasteiger partial charge on any atom is -0.486 e. The fourth-order valence-corrected chi connectivity index (χ4v) is 5.85. The summed E-state index contributed by atoms with van der Waals surface area (Å²) in [6.45, 7) is 0.836. The quantitative estimate of drug-likeness (QED) is 0.430. The molecule has 5 heterocycles. The first-order valence-corrected chi connectivity index (χ1v) is 11.5. The minimum atomic E-state index is -0.862. The molecule has 4 aliphatic heterocycles. The number of amides is 2. The van der Waals surface area contributed by atoms with Crippen molar-refractivity contribution in [3.05, 3.63) is 83.9 Å². The number of fused-ring (bicyclic) bond motifs is 6. The topological polar surface area (TPSA) is 89.3 Å². The fourth-order valence-electron chi connectivity index (χ4n) is 5.85. The standard InChI is InChI=1S/C27H20N2O6/c30-25(19-6-3-11-33-19)24-22-21(23-17-5-2-1-4-15(17)9-10-28(23)24)26(31)29(27(22)32)16-7-8-18-20(14-16)35-13-12-34-18/h1-11,14,21-24H,12-13H2/t21-,22+,23?,24-/m0/s1. The predicted molar refractivity (Wildman–Crippen MR) is 124 cm³/mol. The molecule has 2 aromatic carbocycles. The summed E-state index contributed by atoms with van der Waals surface area (Å²) in [5.74, 6) is -1.39. The number of ether oxygens (including phenoxy) is 2. The van der Waals surface area contributed by atoms with Gasteiger partial charge in [-0.15, -0.1) is 0 Å². The van der Waals surface area contributed by atoms with Gasteiger partial charge >= 0.3 is 0 Å². The highest BCUT2D eigenvalue weighted by molar-refractivity contribution is 6.24. The van der Waals surface area contributed by atoms with Gasteiger partial charge in [-0.25, -0.2) is 4.90 Å². The molecule has 0 N–H and O–H groups in total. The first kappa shape index (κ1) is 20.1. The van der Waals surface area contributed by atoms with Gasteiger partial charge in [0.2, 0.25) is 17.6 Å². The Balaban J connectivity index is 1.35. The first-order chi connectivity index (χ1) is 17.1. The number of imide groups is 1. The molecule has 174 valence electrons. The molecule has 0 saturated carbocycles. The highest BCUT2D eigenvalue weighted by atomic mass is 16.6. The maximum atomic E-state index is 13.9. The molecule has 0 aliphatic carbocycles. The SMILES string of the molecule is O=C(c1ccco1)[C@@H]1[C@@H]2C(=O)N(c3ccc4c(c3)OCCO4)C(=O)[C@@H]2C2c3ccccc3C=CN21. The number of furan rings is 1. The van der Waals surface area contributed by atoms with Gasteiger partial charge in [0.05, 0.1) is 29.8 Å². The monoisotopic (exact) mass is 468 g/mol. The van der Waals surface area contributed by atoms with Crippen LogP contribution in [-0.4, -0.2) is 41.8 Å². The number of carbonyl (C=O) groups is 3. The molecule has 2 saturated heterocycles. The van der Waals surface area contributed by atoms with Gasteiger partial charge in [0.1, 0.15) is 19.3 Å². The average Bonchev–Trinajstić information content (AvgIpc) is 3.60. The second-order valence-electron chi connectivity index (χ2n) is 9.01. The number of rotatable bonds is 3. The van der Waals surface area contributed by atoms with E-state index in [0.717, 1.165) is 11.1 Å². The number of anilines is 1. The molecule has 0 radical (unpaired) electrons. The highest BCUT2D eigenvalue weighted by Gasteiger charge is 2.64. The predicted octanol–water partition coefficient (Wildman–Crippen LogP) is 3.45. The van der Waals surface area contributed by atoms with E-state index in [1.807, 2.05) is 41.4 Å². The van der Waals surface area contributed by atoms with Crippen molar-refractivity contribution in [1.82, 2.24) is 4.90 Å². The van der Waals surface area contributed by atoms with Crippen LogP contribution in [0.15, 0.2) is 71.5 Å². The third-order valence-corrected chi connectivity index (χ3v) is 7.28. The van der Waals surface area contributed by atoms with Gasteiger partial charge < -0.3 is 18.8 Å². The van der Waals surface area contributed by atoms with Gasteiger partial charge in [-0.3, -0.25) is 14.4 Å². The second kappa shape index (κ2) is 7.33. The smallest absolute Gasteiger partial charge is 0.240 e. The number of carbonyl (C=O) groups excluding carboxylic acids is 3. The van der Waals surface area contributed by atoms with Crippen molar-refractivity contribution >= 4 is 29.4 Å². The molecular weight excluding hydrogens is 448 g/mol. The third-order valence-electron chi connectivity index (χ3n) is 7.28. The maximum Gasteiger partial charge on any atom is 0.240 e. The molecule has 1 aromatic heterocycles. The number of hydrogen-bond donors (Lipinski definition) is 0. The number of benzene rings is 2. The number of hydrogen-bond acceptors (Lipinski definition) is 7. The van der Waals surface area contributed by atoms with Crippen LogP contribution >= 0.6 is 0 Å². The zero-order valence-electron chi connectivity index (χ0n) is 18.5. The van der Waals surface area contributed by atoms with Crippen molar-refractivity contribution in [3.63, 3.8) is 0 Å². The third kappa shape index (κ3) is 2.76. The second-order valence-corrected chi connectivity index (χ2v) is 9.01. The molecule has 0 spiro atoms. The molecule has 4 atom stereocenters. The van der Waals surface area contributed by atoms with Crippen LogP contribution in [0.3, 0.4) is 0 Å². The molecule has 3 aromatic rings. The molecule has 1 unspecified atom stereocenters. The largest absolute Gasteiger partial charge is 0.486 e. The molecule has 0 bridgehead atoms. The summed E-state index contributed by atoms with van der Waals surface area (Å²) in [6, 6.07) is 14.7. The molecule has 35 heavy (non-hydrogen) atoms. The van der Waals surface area contributed by atoms with Gasteiger partial charge in [-0.05, 0) is 41.5 Å². The number of nitrogens with zero attached hydrogens (tertiary/aromatic N) is 2. The lowest BCUT2D eigenvalue weighted by Gasteiger charge is -2.35. The normalized spacial score (nSPS) is 25.9. The van der Waals surface area contributed by atoms with Crippen LogP contribution in [0, 0.1) is 11.8 Å². The number of ketones is 1.